The Morgan fingerprint density at radius 2 is 2.04 bits per heavy atom. The normalized spacial score (nSPS) is 25.8. The lowest BCUT2D eigenvalue weighted by Gasteiger charge is -2.38. The Kier molecular flexibility index (Phi) is 4.76. The number of carbonyl (C=O) groups is 2. The molecule has 4 rings (SSSR count). The van der Waals surface area contributed by atoms with Crippen molar-refractivity contribution < 1.29 is 9.59 Å². The Labute approximate surface area is 155 Å². The number of carbonyl (C=O) groups excluding carboxylic acids is 2. The van der Waals surface area contributed by atoms with E-state index in [1.165, 1.54) is 24.1 Å². The van der Waals surface area contributed by atoms with Crippen molar-refractivity contribution in [2.24, 2.45) is 5.41 Å². The highest BCUT2D eigenvalue weighted by Gasteiger charge is 2.48. The van der Waals surface area contributed by atoms with E-state index in [0.29, 0.717) is 19.4 Å². The van der Waals surface area contributed by atoms with E-state index in [0.717, 1.165) is 57.4 Å². The molecule has 2 fully saturated rings. The Morgan fingerprint density at radius 3 is 2.88 bits per heavy atom. The molecule has 142 valence electrons. The highest BCUT2D eigenvalue weighted by atomic mass is 16.2. The number of amides is 2. The van der Waals surface area contributed by atoms with Crippen molar-refractivity contribution in [1.82, 2.24) is 20.0 Å². The maximum Gasteiger partial charge on any atom is 0.230 e. The van der Waals surface area contributed by atoms with Gasteiger partial charge in [-0.1, -0.05) is 0 Å². The van der Waals surface area contributed by atoms with Gasteiger partial charge >= 0.3 is 0 Å². The molecule has 0 radical (unpaired) electrons. The quantitative estimate of drug-likeness (QED) is 0.896. The van der Waals surface area contributed by atoms with Gasteiger partial charge in [-0.3, -0.25) is 14.7 Å². The van der Waals surface area contributed by atoms with Gasteiger partial charge in [0.25, 0.3) is 0 Å². The van der Waals surface area contributed by atoms with E-state index >= 15 is 0 Å². The van der Waals surface area contributed by atoms with Crippen molar-refractivity contribution in [1.29, 1.82) is 0 Å². The number of likely N-dealkylation sites (tertiary alicyclic amines) is 2. The highest BCUT2D eigenvalue weighted by molar-refractivity contribution is 5.86. The van der Waals surface area contributed by atoms with Gasteiger partial charge in [-0.15, -0.1) is 0 Å². The standard InChI is InChI=1S/C20H30N4O2/c1-2-23-12-5-10-20(19(23)26)11-13-24(14-20)18(25)9-8-17-15-6-3-4-7-16(15)21-22-17/h2-14H2,1H3,(H,21,22). The average molecular weight is 358 g/mol. The van der Waals surface area contributed by atoms with E-state index < -0.39 is 0 Å². The summed E-state index contributed by atoms with van der Waals surface area (Å²) in [6, 6.07) is 0. The van der Waals surface area contributed by atoms with Gasteiger partial charge in [0.2, 0.25) is 11.8 Å². The molecule has 2 aliphatic heterocycles. The molecule has 1 N–H and O–H groups in total. The number of piperidine rings is 1. The Morgan fingerprint density at radius 1 is 1.19 bits per heavy atom. The summed E-state index contributed by atoms with van der Waals surface area (Å²) in [6.45, 7) is 5.02. The monoisotopic (exact) mass is 358 g/mol. The smallest absolute Gasteiger partial charge is 0.230 e. The first-order chi connectivity index (χ1) is 12.6. The third kappa shape index (κ3) is 3.03. The molecule has 0 saturated carbocycles. The fourth-order valence-electron chi connectivity index (χ4n) is 5.06. The van der Waals surface area contributed by atoms with Gasteiger partial charge in [0.05, 0.1) is 11.1 Å². The number of H-pyrrole nitrogens is 1. The number of aromatic nitrogens is 2. The first-order valence-electron chi connectivity index (χ1n) is 10.2. The zero-order valence-electron chi connectivity index (χ0n) is 15.9. The summed E-state index contributed by atoms with van der Waals surface area (Å²) in [7, 11) is 0. The third-order valence-electron chi connectivity index (χ3n) is 6.63. The average Bonchev–Trinajstić information content (AvgIpc) is 3.27. The topological polar surface area (TPSA) is 69.3 Å². The van der Waals surface area contributed by atoms with Crippen LogP contribution in [0.3, 0.4) is 0 Å². The van der Waals surface area contributed by atoms with Gasteiger partial charge in [-0.05, 0) is 57.4 Å². The van der Waals surface area contributed by atoms with Gasteiger partial charge in [0.1, 0.15) is 0 Å². The highest BCUT2D eigenvalue weighted by Crippen LogP contribution is 2.40. The summed E-state index contributed by atoms with van der Waals surface area (Å²) in [5.41, 5.74) is 3.39. The molecule has 1 aromatic rings. The molecule has 3 heterocycles. The van der Waals surface area contributed by atoms with E-state index in [1.54, 1.807) is 0 Å². The molecule has 1 spiro atoms. The van der Waals surface area contributed by atoms with E-state index in [9.17, 15) is 9.59 Å². The maximum absolute atomic E-state index is 12.8. The molecular weight excluding hydrogens is 328 g/mol. The molecule has 1 aromatic heterocycles. The largest absolute Gasteiger partial charge is 0.342 e. The molecular formula is C20H30N4O2. The van der Waals surface area contributed by atoms with Crippen LogP contribution in [0.4, 0.5) is 0 Å². The predicted octanol–water partition coefficient (Wildman–Crippen LogP) is 2.08. The Bertz CT molecular complexity index is 698. The van der Waals surface area contributed by atoms with Crippen LogP contribution in [0.2, 0.25) is 0 Å². The molecule has 3 aliphatic rings. The molecule has 0 aromatic carbocycles. The van der Waals surface area contributed by atoms with Crippen molar-refractivity contribution in [3.63, 3.8) is 0 Å². The number of hydrogen-bond donors (Lipinski definition) is 1. The fraction of sp³-hybridized carbons (Fsp3) is 0.750. The first-order valence-corrected chi connectivity index (χ1v) is 10.2. The maximum atomic E-state index is 12.8. The van der Waals surface area contributed by atoms with Gasteiger partial charge in [0, 0.05) is 44.7 Å². The van der Waals surface area contributed by atoms with Crippen LogP contribution in [0.15, 0.2) is 0 Å². The number of fused-ring (bicyclic) bond motifs is 1. The zero-order chi connectivity index (χ0) is 18.1. The summed E-state index contributed by atoms with van der Waals surface area (Å²) >= 11 is 0. The Balaban J connectivity index is 1.36. The van der Waals surface area contributed by atoms with Crippen molar-refractivity contribution >= 4 is 11.8 Å². The van der Waals surface area contributed by atoms with Crippen molar-refractivity contribution in [3.05, 3.63) is 17.0 Å². The number of hydrogen-bond acceptors (Lipinski definition) is 3. The number of aromatic amines is 1. The van der Waals surface area contributed by atoms with Crippen LogP contribution in [0.1, 0.15) is 62.4 Å². The van der Waals surface area contributed by atoms with E-state index in [2.05, 4.69) is 10.2 Å². The minimum atomic E-state index is -0.310. The van der Waals surface area contributed by atoms with Crippen LogP contribution in [-0.4, -0.2) is 58.0 Å². The molecule has 6 heteroatoms. The first kappa shape index (κ1) is 17.6. The lowest BCUT2D eigenvalue weighted by Crippen LogP contribution is -2.50. The van der Waals surface area contributed by atoms with Crippen LogP contribution < -0.4 is 0 Å². The van der Waals surface area contributed by atoms with Crippen molar-refractivity contribution in [3.8, 4) is 0 Å². The van der Waals surface area contributed by atoms with E-state index in [-0.39, 0.29) is 17.2 Å². The van der Waals surface area contributed by atoms with E-state index in [4.69, 9.17) is 0 Å². The predicted molar refractivity (Wildman–Crippen MR) is 98.7 cm³/mol. The summed E-state index contributed by atoms with van der Waals surface area (Å²) in [4.78, 5) is 29.5. The minimum absolute atomic E-state index is 0.177. The lowest BCUT2D eigenvalue weighted by atomic mass is 9.78. The van der Waals surface area contributed by atoms with Gasteiger partial charge in [-0.2, -0.15) is 5.10 Å². The second-order valence-corrected chi connectivity index (χ2v) is 8.17. The van der Waals surface area contributed by atoms with Crippen molar-refractivity contribution in [2.75, 3.05) is 26.2 Å². The van der Waals surface area contributed by atoms with Gasteiger partial charge in [0.15, 0.2) is 0 Å². The molecule has 1 unspecified atom stereocenters. The summed E-state index contributed by atoms with van der Waals surface area (Å²) in [6.07, 6.45) is 8.64. The van der Waals surface area contributed by atoms with Crippen molar-refractivity contribution in [2.45, 2.75) is 64.7 Å². The summed E-state index contributed by atoms with van der Waals surface area (Å²) < 4.78 is 0. The number of aryl methyl sites for hydroxylation is 2. The molecule has 2 amide bonds. The fourth-order valence-corrected chi connectivity index (χ4v) is 5.06. The zero-order valence-corrected chi connectivity index (χ0v) is 15.9. The number of nitrogens with one attached hydrogen (secondary N) is 1. The molecule has 1 atom stereocenters. The minimum Gasteiger partial charge on any atom is -0.342 e. The van der Waals surface area contributed by atoms with Crippen LogP contribution in [0, 0.1) is 5.41 Å². The second-order valence-electron chi connectivity index (χ2n) is 8.17. The van der Waals surface area contributed by atoms with Crippen LogP contribution in [0.25, 0.3) is 0 Å². The van der Waals surface area contributed by atoms with Crippen LogP contribution in [0.5, 0.6) is 0 Å². The lowest BCUT2D eigenvalue weighted by molar-refractivity contribution is -0.145. The molecule has 2 saturated heterocycles. The Hall–Kier alpha value is -1.85. The molecule has 26 heavy (non-hydrogen) atoms. The van der Waals surface area contributed by atoms with Crippen LogP contribution >= 0.6 is 0 Å². The third-order valence-corrected chi connectivity index (χ3v) is 6.63. The molecule has 1 aliphatic carbocycles. The number of rotatable bonds is 4. The SMILES string of the molecule is CCN1CCCC2(CCN(C(=O)CCc3n[nH]c4c3CCCC4)C2)C1=O. The second kappa shape index (κ2) is 7.05. The van der Waals surface area contributed by atoms with Gasteiger partial charge in [-0.25, -0.2) is 0 Å². The van der Waals surface area contributed by atoms with Gasteiger partial charge < -0.3 is 9.80 Å². The summed E-state index contributed by atoms with van der Waals surface area (Å²) in [5, 5.41) is 7.61. The van der Waals surface area contributed by atoms with E-state index in [1.807, 2.05) is 16.7 Å². The number of nitrogens with zero attached hydrogens (tertiary/aromatic N) is 3. The molecule has 6 nitrogen and oxygen atoms in total. The van der Waals surface area contributed by atoms with Crippen LogP contribution in [-0.2, 0) is 28.9 Å². The molecule has 0 bridgehead atoms. The summed E-state index contributed by atoms with van der Waals surface area (Å²) in [5.74, 6) is 0.443.